The summed E-state index contributed by atoms with van der Waals surface area (Å²) < 4.78 is 0. The molecule has 0 amide bonds. The molecule has 0 saturated heterocycles. The molecular weight excluding hydrogens is 248 g/mol. The maximum absolute atomic E-state index is 10.5. The second-order valence-corrected chi connectivity index (χ2v) is 6.30. The quantitative estimate of drug-likeness (QED) is 0.612. The molecule has 0 aliphatic heterocycles. The van der Waals surface area contributed by atoms with Crippen molar-refractivity contribution in [1.82, 2.24) is 0 Å². The smallest absolute Gasteiger partial charge is 0.328 e. The number of rotatable bonds is 3. The van der Waals surface area contributed by atoms with Gasteiger partial charge in [-0.15, -0.1) is 0 Å². The molecular formula is C18H24O2. The van der Waals surface area contributed by atoms with Crippen molar-refractivity contribution < 1.29 is 9.90 Å². The molecule has 2 aliphatic carbocycles. The second-order valence-electron chi connectivity index (χ2n) is 6.30. The molecule has 2 rings (SSSR count). The fourth-order valence-electron chi connectivity index (χ4n) is 3.81. The van der Waals surface area contributed by atoms with E-state index in [-0.39, 0.29) is 0 Å². The molecule has 0 aromatic rings. The number of hydrogen-bond donors (Lipinski definition) is 1. The van der Waals surface area contributed by atoms with Gasteiger partial charge in [0.2, 0.25) is 0 Å². The van der Waals surface area contributed by atoms with Gasteiger partial charge in [0.25, 0.3) is 0 Å². The number of aliphatic carboxylic acids is 1. The van der Waals surface area contributed by atoms with Crippen LogP contribution in [0, 0.1) is 23.7 Å². The highest BCUT2D eigenvalue weighted by Crippen LogP contribution is 2.45. The number of allylic oxidation sites excluding steroid dienone is 7. The molecule has 2 aliphatic rings. The van der Waals surface area contributed by atoms with Crippen LogP contribution in [0.25, 0.3) is 0 Å². The van der Waals surface area contributed by atoms with Crippen LogP contribution in [0.1, 0.15) is 33.6 Å². The van der Waals surface area contributed by atoms with Gasteiger partial charge in [0.15, 0.2) is 0 Å². The third-order valence-corrected chi connectivity index (χ3v) is 4.56. The molecule has 2 nitrogen and oxygen atoms in total. The van der Waals surface area contributed by atoms with Crippen molar-refractivity contribution in [3.8, 4) is 0 Å². The van der Waals surface area contributed by atoms with E-state index in [2.05, 4.69) is 39.0 Å². The summed E-state index contributed by atoms with van der Waals surface area (Å²) in [5, 5.41) is 8.62. The van der Waals surface area contributed by atoms with Crippen LogP contribution in [0.2, 0.25) is 0 Å². The molecule has 4 atom stereocenters. The zero-order chi connectivity index (χ0) is 14.7. The maximum Gasteiger partial charge on any atom is 0.328 e. The number of carboxylic acids is 1. The average molecular weight is 272 g/mol. The lowest BCUT2D eigenvalue weighted by Gasteiger charge is -2.41. The Morgan fingerprint density at radius 3 is 2.75 bits per heavy atom. The molecule has 0 spiro atoms. The summed E-state index contributed by atoms with van der Waals surface area (Å²) in [6.45, 7) is 6.84. The molecule has 2 heteroatoms. The van der Waals surface area contributed by atoms with Crippen molar-refractivity contribution in [3.05, 3.63) is 47.6 Å². The molecule has 1 fully saturated rings. The molecule has 1 unspecified atom stereocenters. The summed E-state index contributed by atoms with van der Waals surface area (Å²) >= 11 is 0. The van der Waals surface area contributed by atoms with Crippen LogP contribution >= 0.6 is 0 Å². The van der Waals surface area contributed by atoms with Crippen LogP contribution in [-0.2, 0) is 4.79 Å². The predicted octanol–water partition coefficient (Wildman–Crippen LogP) is 4.37. The van der Waals surface area contributed by atoms with E-state index in [1.165, 1.54) is 30.1 Å². The third kappa shape index (κ3) is 3.30. The van der Waals surface area contributed by atoms with Gasteiger partial charge in [-0.25, -0.2) is 4.79 Å². The van der Waals surface area contributed by atoms with Crippen LogP contribution in [-0.4, -0.2) is 11.1 Å². The van der Waals surface area contributed by atoms with E-state index >= 15 is 0 Å². The van der Waals surface area contributed by atoms with E-state index in [1.54, 1.807) is 6.08 Å². The Kier molecular flexibility index (Phi) is 4.64. The normalized spacial score (nSPS) is 34.0. The standard InChI is InChI=1S/C18H24O2/c1-12-10-14(3)18-15(11-12)9-8-13(2)16(18)6-4-5-7-17(19)20/h4-9,12,14-15,18H,10-11H2,1-3H3,(H,19,20)/b6-4+,7-5+/t12-,14+,15?,18-/m0/s1. The lowest BCUT2D eigenvalue weighted by molar-refractivity contribution is -0.131. The zero-order valence-corrected chi connectivity index (χ0v) is 12.5. The number of carboxylic acid groups (broad SMARTS) is 1. The fourth-order valence-corrected chi connectivity index (χ4v) is 3.81. The largest absolute Gasteiger partial charge is 0.478 e. The van der Waals surface area contributed by atoms with E-state index in [1.807, 2.05) is 6.08 Å². The molecule has 20 heavy (non-hydrogen) atoms. The average Bonchev–Trinajstić information content (AvgIpc) is 2.36. The van der Waals surface area contributed by atoms with Crippen LogP contribution in [0.4, 0.5) is 0 Å². The molecule has 0 radical (unpaired) electrons. The van der Waals surface area contributed by atoms with Crippen molar-refractivity contribution in [1.29, 1.82) is 0 Å². The van der Waals surface area contributed by atoms with Gasteiger partial charge in [0.05, 0.1) is 0 Å². The summed E-state index contributed by atoms with van der Waals surface area (Å²) in [6.07, 6.45) is 13.9. The lowest BCUT2D eigenvalue weighted by atomic mass is 9.63. The van der Waals surface area contributed by atoms with Crippen molar-refractivity contribution in [3.63, 3.8) is 0 Å². The van der Waals surface area contributed by atoms with Crippen molar-refractivity contribution >= 4 is 5.97 Å². The molecule has 0 aromatic carbocycles. The fraction of sp³-hybridized carbons (Fsp3) is 0.500. The number of hydrogen-bond acceptors (Lipinski definition) is 1. The van der Waals surface area contributed by atoms with Crippen LogP contribution in [0.5, 0.6) is 0 Å². The van der Waals surface area contributed by atoms with Gasteiger partial charge >= 0.3 is 5.97 Å². The zero-order valence-electron chi connectivity index (χ0n) is 12.5. The molecule has 0 heterocycles. The van der Waals surface area contributed by atoms with E-state index in [0.717, 1.165) is 5.92 Å². The van der Waals surface area contributed by atoms with Crippen LogP contribution in [0.3, 0.4) is 0 Å². The minimum atomic E-state index is -0.901. The second kappa shape index (κ2) is 6.25. The molecule has 1 saturated carbocycles. The predicted molar refractivity (Wildman–Crippen MR) is 82.3 cm³/mol. The van der Waals surface area contributed by atoms with Crippen molar-refractivity contribution in [2.45, 2.75) is 33.6 Å². The Bertz CT molecular complexity index is 494. The van der Waals surface area contributed by atoms with E-state index in [4.69, 9.17) is 5.11 Å². The summed E-state index contributed by atoms with van der Waals surface area (Å²) in [6, 6.07) is 0. The van der Waals surface area contributed by atoms with Gasteiger partial charge in [0, 0.05) is 6.08 Å². The van der Waals surface area contributed by atoms with Crippen molar-refractivity contribution in [2.24, 2.45) is 23.7 Å². The first kappa shape index (κ1) is 14.8. The third-order valence-electron chi connectivity index (χ3n) is 4.56. The van der Waals surface area contributed by atoms with Gasteiger partial charge in [0.1, 0.15) is 0 Å². The van der Waals surface area contributed by atoms with Gasteiger partial charge in [-0.2, -0.15) is 0 Å². The first-order valence-electron chi connectivity index (χ1n) is 7.45. The van der Waals surface area contributed by atoms with Gasteiger partial charge in [-0.1, -0.05) is 44.2 Å². The molecule has 0 bridgehead atoms. The summed E-state index contributed by atoms with van der Waals surface area (Å²) in [5.74, 6) is 1.81. The summed E-state index contributed by atoms with van der Waals surface area (Å²) in [4.78, 5) is 10.5. The highest BCUT2D eigenvalue weighted by atomic mass is 16.4. The Morgan fingerprint density at radius 2 is 2.05 bits per heavy atom. The maximum atomic E-state index is 10.5. The van der Waals surface area contributed by atoms with E-state index in [9.17, 15) is 4.79 Å². The summed E-state index contributed by atoms with van der Waals surface area (Å²) in [7, 11) is 0. The highest BCUT2D eigenvalue weighted by molar-refractivity contribution is 5.80. The first-order chi connectivity index (χ1) is 9.49. The minimum Gasteiger partial charge on any atom is -0.478 e. The Balaban J connectivity index is 2.20. The van der Waals surface area contributed by atoms with Crippen molar-refractivity contribution in [2.75, 3.05) is 0 Å². The van der Waals surface area contributed by atoms with E-state index in [0.29, 0.717) is 17.8 Å². The molecule has 0 aromatic heterocycles. The summed E-state index contributed by atoms with van der Waals surface area (Å²) in [5.41, 5.74) is 2.69. The minimum absolute atomic E-state index is 0.589. The Hall–Kier alpha value is -1.57. The van der Waals surface area contributed by atoms with Gasteiger partial charge in [-0.05, 0) is 54.6 Å². The Morgan fingerprint density at radius 1 is 1.30 bits per heavy atom. The lowest BCUT2D eigenvalue weighted by Crippen LogP contribution is -2.32. The highest BCUT2D eigenvalue weighted by Gasteiger charge is 2.35. The number of fused-ring (bicyclic) bond motifs is 1. The van der Waals surface area contributed by atoms with E-state index < -0.39 is 5.97 Å². The first-order valence-corrected chi connectivity index (χ1v) is 7.45. The number of carbonyl (C=O) groups is 1. The molecule has 1 N–H and O–H groups in total. The van der Waals surface area contributed by atoms with Crippen LogP contribution in [0.15, 0.2) is 47.6 Å². The molecule has 108 valence electrons. The van der Waals surface area contributed by atoms with Gasteiger partial charge < -0.3 is 5.11 Å². The monoisotopic (exact) mass is 272 g/mol. The Labute approximate surface area is 121 Å². The van der Waals surface area contributed by atoms with Gasteiger partial charge in [-0.3, -0.25) is 0 Å². The SMILES string of the molecule is CC1=C(/C=C/C=C/C(=O)O)[C@@H]2C(C=C1)C[C@@H](C)C[C@H]2C. The topological polar surface area (TPSA) is 37.3 Å². The van der Waals surface area contributed by atoms with Crippen LogP contribution < -0.4 is 0 Å².